The molecule has 144 valence electrons. The summed E-state index contributed by atoms with van der Waals surface area (Å²) < 4.78 is 0. The summed E-state index contributed by atoms with van der Waals surface area (Å²) in [6.45, 7) is 4.60. The number of hydrogen-bond acceptors (Lipinski definition) is 3. The highest BCUT2D eigenvalue weighted by Crippen LogP contribution is 2.27. The van der Waals surface area contributed by atoms with Crippen molar-refractivity contribution in [3.63, 3.8) is 0 Å². The van der Waals surface area contributed by atoms with Crippen LogP contribution in [0, 0.1) is 5.92 Å². The van der Waals surface area contributed by atoms with Gasteiger partial charge < -0.3 is 16.0 Å². The van der Waals surface area contributed by atoms with Crippen LogP contribution in [0.15, 0.2) is 4.99 Å². The number of carbonyl (C=O) groups is 2. The lowest BCUT2D eigenvalue weighted by Crippen LogP contribution is -2.43. The predicted octanol–water partition coefficient (Wildman–Crippen LogP) is 2.07. The van der Waals surface area contributed by atoms with Crippen LogP contribution in [-0.2, 0) is 4.79 Å². The summed E-state index contributed by atoms with van der Waals surface area (Å²) in [5.74, 6) is 1.48. The molecule has 1 saturated carbocycles. The van der Waals surface area contributed by atoms with E-state index in [1.807, 2.05) is 6.92 Å². The Kier molecular flexibility index (Phi) is 10.8. The fraction of sp³-hybridized carbons (Fsp3) is 0.824. The molecule has 0 bridgehead atoms. The van der Waals surface area contributed by atoms with Crippen LogP contribution in [0.4, 0.5) is 4.79 Å². The van der Waals surface area contributed by atoms with Crippen LogP contribution in [-0.4, -0.2) is 55.5 Å². The fourth-order valence-electron chi connectivity index (χ4n) is 3.36. The summed E-state index contributed by atoms with van der Waals surface area (Å²) >= 11 is 0. The molecule has 0 atom stereocenters. The second kappa shape index (κ2) is 12.3. The molecule has 2 rings (SSSR count). The van der Waals surface area contributed by atoms with Gasteiger partial charge in [0.15, 0.2) is 5.96 Å². The van der Waals surface area contributed by atoms with E-state index in [0.717, 1.165) is 31.4 Å². The minimum absolute atomic E-state index is 0. The molecule has 0 spiro atoms. The van der Waals surface area contributed by atoms with Crippen LogP contribution < -0.4 is 16.0 Å². The lowest BCUT2D eigenvalue weighted by atomic mass is 9.86. The largest absolute Gasteiger partial charge is 0.357 e. The molecule has 0 aromatic rings. The number of imide groups is 1. The topological polar surface area (TPSA) is 85.8 Å². The zero-order valence-electron chi connectivity index (χ0n) is 15.2. The number of aliphatic imine (C=N–C) groups is 1. The lowest BCUT2D eigenvalue weighted by molar-refractivity contribution is -0.124. The van der Waals surface area contributed by atoms with Crippen LogP contribution >= 0.6 is 24.0 Å². The quantitative estimate of drug-likeness (QED) is 0.169. The highest BCUT2D eigenvalue weighted by molar-refractivity contribution is 14.0. The molecule has 2 aliphatic rings. The van der Waals surface area contributed by atoms with Gasteiger partial charge in [0.05, 0.1) is 6.54 Å². The van der Waals surface area contributed by atoms with Crippen molar-refractivity contribution in [3.8, 4) is 0 Å². The van der Waals surface area contributed by atoms with E-state index in [9.17, 15) is 9.59 Å². The molecule has 1 aliphatic carbocycles. The maximum absolute atomic E-state index is 11.5. The minimum atomic E-state index is -0.309. The molecule has 0 aromatic carbocycles. The van der Waals surface area contributed by atoms with Gasteiger partial charge in [0.1, 0.15) is 0 Å². The van der Waals surface area contributed by atoms with Crippen molar-refractivity contribution in [3.05, 3.63) is 0 Å². The van der Waals surface area contributed by atoms with Crippen LogP contribution in [0.3, 0.4) is 0 Å². The van der Waals surface area contributed by atoms with Crippen molar-refractivity contribution in [1.29, 1.82) is 0 Å². The highest BCUT2D eigenvalue weighted by Gasteiger charge is 2.27. The van der Waals surface area contributed by atoms with Crippen LogP contribution in [0.1, 0.15) is 51.9 Å². The Balaban J connectivity index is 0.00000312. The Morgan fingerprint density at radius 2 is 2.00 bits per heavy atom. The Labute approximate surface area is 167 Å². The van der Waals surface area contributed by atoms with Gasteiger partial charge in [-0.25, -0.2) is 4.79 Å². The molecule has 0 radical (unpaired) electrons. The fourth-order valence-corrected chi connectivity index (χ4v) is 3.36. The average molecular weight is 465 g/mol. The third-order valence-electron chi connectivity index (χ3n) is 4.67. The van der Waals surface area contributed by atoms with Crippen LogP contribution in [0.25, 0.3) is 0 Å². The third-order valence-corrected chi connectivity index (χ3v) is 4.67. The monoisotopic (exact) mass is 465 g/mol. The van der Waals surface area contributed by atoms with Crippen LogP contribution in [0.5, 0.6) is 0 Å². The van der Waals surface area contributed by atoms with Crippen molar-refractivity contribution < 1.29 is 9.59 Å². The summed E-state index contributed by atoms with van der Waals surface area (Å²) in [5, 5.41) is 8.92. The van der Waals surface area contributed by atoms with Gasteiger partial charge in [-0.05, 0) is 25.7 Å². The number of rotatable bonds is 8. The van der Waals surface area contributed by atoms with E-state index < -0.39 is 0 Å². The van der Waals surface area contributed by atoms with Gasteiger partial charge in [0, 0.05) is 26.2 Å². The summed E-state index contributed by atoms with van der Waals surface area (Å²) in [6.07, 6.45) is 9.34. The molecule has 0 aromatic heterocycles. The van der Waals surface area contributed by atoms with E-state index in [0.29, 0.717) is 13.1 Å². The first-order chi connectivity index (χ1) is 11.7. The van der Waals surface area contributed by atoms with Crippen molar-refractivity contribution >= 4 is 41.9 Å². The summed E-state index contributed by atoms with van der Waals surface area (Å²) in [6, 6.07) is -0.309. The van der Waals surface area contributed by atoms with E-state index in [1.165, 1.54) is 43.4 Å². The Hall–Kier alpha value is -1.06. The standard InChI is InChI=1S/C17H31N5O2.HI/c1-2-18-16(19-10-6-9-14-7-4-3-5-8-14)20-11-12-22-15(23)13-21-17(22)24;/h14H,2-13H2,1H3,(H,21,24)(H2,18,19,20);1H. The SMILES string of the molecule is CCNC(=NCCCC1CCCCC1)NCCN1C(=O)CNC1=O.I. The van der Waals surface area contributed by atoms with Crippen molar-refractivity contribution in [1.82, 2.24) is 20.9 Å². The first-order valence-electron chi connectivity index (χ1n) is 9.31. The molecule has 0 unspecified atom stereocenters. The summed E-state index contributed by atoms with van der Waals surface area (Å²) in [5.41, 5.74) is 0. The van der Waals surface area contributed by atoms with E-state index in [1.54, 1.807) is 0 Å². The Morgan fingerprint density at radius 3 is 2.64 bits per heavy atom. The number of guanidine groups is 1. The molecule has 1 saturated heterocycles. The zero-order chi connectivity index (χ0) is 17.2. The van der Waals surface area contributed by atoms with Gasteiger partial charge in [-0.15, -0.1) is 24.0 Å². The normalized spacial score (nSPS) is 18.8. The molecule has 2 fully saturated rings. The smallest absolute Gasteiger partial charge is 0.324 e. The Bertz CT molecular complexity index is 436. The molecule has 25 heavy (non-hydrogen) atoms. The second-order valence-corrected chi connectivity index (χ2v) is 6.54. The number of nitrogens with one attached hydrogen (secondary N) is 3. The van der Waals surface area contributed by atoms with Crippen molar-refractivity contribution in [2.75, 3.05) is 32.7 Å². The van der Waals surface area contributed by atoms with Gasteiger partial charge in [-0.2, -0.15) is 0 Å². The number of halogens is 1. The first-order valence-corrected chi connectivity index (χ1v) is 9.31. The maximum atomic E-state index is 11.5. The Morgan fingerprint density at radius 1 is 1.24 bits per heavy atom. The molecule has 3 amide bonds. The number of urea groups is 1. The summed E-state index contributed by atoms with van der Waals surface area (Å²) in [4.78, 5) is 28.8. The first kappa shape index (κ1) is 22.0. The number of carbonyl (C=O) groups excluding carboxylic acids is 2. The van der Waals surface area contributed by atoms with Crippen molar-refractivity contribution in [2.24, 2.45) is 10.9 Å². The number of nitrogens with zero attached hydrogens (tertiary/aromatic N) is 2. The molecule has 1 heterocycles. The second-order valence-electron chi connectivity index (χ2n) is 6.54. The molecule has 7 nitrogen and oxygen atoms in total. The van der Waals surface area contributed by atoms with Crippen molar-refractivity contribution in [2.45, 2.75) is 51.9 Å². The molecular formula is C17H32IN5O2. The number of hydrogen-bond donors (Lipinski definition) is 3. The van der Waals surface area contributed by atoms with Gasteiger partial charge in [-0.3, -0.25) is 14.7 Å². The highest BCUT2D eigenvalue weighted by atomic mass is 127. The van der Waals surface area contributed by atoms with E-state index in [2.05, 4.69) is 20.9 Å². The van der Waals surface area contributed by atoms with Crippen LogP contribution in [0.2, 0.25) is 0 Å². The van der Waals surface area contributed by atoms with Gasteiger partial charge in [0.25, 0.3) is 0 Å². The number of amides is 3. The average Bonchev–Trinajstić information content (AvgIpc) is 2.91. The van der Waals surface area contributed by atoms with E-state index in [4.69, 9.17) is 0 Å². The van der Waals surface area contributed by atoms with E-state index >= 15 is 0 Å². The molecule has 8 heteroatoms. The third kappa shape index (κ3) is 7.79. The van der Waals surface area contributed by atoms with Gasteiger partial charge in [0.2, 0.25) is 5.91 Å². The lowest BCUT2D eigenvalue weighted by Gasteiger charge is -2.21. The minimum Gasteiger partial charge on any atom is -0.357 e. The molecular weight excluding hydrogens is 433 g/mol. The maximum Gasteiger partial charge on any atom is 0.324 e. The molecule has 1 aliphatic heterocycles. The van der Waals surface area contributed by atoms with E-state index in [-0.39, 0.29) is 42.5 Å². The molecule has 3 N–H and O–H groups in total. The zero-order valence-corrected chi connectivity index (χ0v) is 17.5. The van der Waals surface area contributed by atoms with Gasteiger partial charge in [-0.1, -0.05) is 32.1 Å². The summed E-state index contributed by atoms with van der Waals surface area (Å²) in [7, 11) is 0. The predicted molar refractivity (Wildman–Crippen MR) is 110 cm³/mol. The van der Waals surface area contributed by atoms with Gasteiger partial charge >= 0.3 is 6.03 Å².